The SMILES string of the molecule is COc1ccc(NC(=O)CN(c2cc(Cl)cc(Cl)c2)S(=O)(=O)c2ccc(C)cc2)cc1S(=O)(=O)N1CCOCC1. The number of nitrogens with one attached hydrogen (secondary N) is 1. The van der Waals surface area contributed by atoms with Crippen LogP contribution in [0.25, 0.3) is 0 Å². The van der Waals surface area contributed by atoms with E-state index in [4.69, 9.17) is 32.7 Å². The van der Waals surface area contributed by atoms with E-state index in [0.717, 1.165) is 9.87 Å². The Morgan fingerprint density at radius 2 is 1.60 bits per heavy atom. The molecule has 3 aromatic rings. The van der Waals surface area contributed by atoms with Crippen molar-refractivity contribution in [3.63, 3.8) is 0 Å². The summed E-state index contributed by atoms with van der Waals surface area (Å²) < 4.78 is 66.6. The van der Waals surface area contributed by atoms with Gasteiger partial charge in [0, 0.05) is 28.8 Å². The number of aryl methyl sites for hydroxylation is 1. The van der Waals surface area contributed by atoms with Gasteiger partial charge in [-0.15, -0.1) is 0 Å². The summed E-state index contributed by atoms with van der Waals surface area (Å²) in [4.78, 5) is 13.0. The van der Waals surface area contributed by atoms with Crippen molar-refractivity contribution in [2.75, 3.05) is 49.6 Å². The normalized spacial score (nSPS) is 14.5. The maximum atomic E-state index is 13.6. The number of sulfonamides is 2. The highest BCUT2D eigenvalue weighted by atomic mass is 35.5. The molecule has 214 valence electrons. The van der Waals surface area contributed by atoms with Crippen LogP contribution in [-0.4, -0.2) is 67.0 Å². The predicted octanol–water partition coefficient (Wildman–Crippen LogP) is 4.17. The molecular weight excluding hydrogens is 601 g/mol. The highest BCUT2D eigenvalue weighted by molar-refractivity contribution is 7.92. The van der Waals surface area contributed by atoms with Gasteiger partial charge < -0.3 is 14.8 Å². The summed E-state index contributed by atoms with van der Waals surface area (Å²) in [5, 5.41) is 2.96. The van der Waals surface area contributed by atoms with Crippen LogP contribution in [0.2, 0.25) is 10.0 Å². The highest BCUT2D eigenvalue weighted by Crippen LogP contribution is 2.32. The third kappa shape index (κ3) is 6.70. The number of nitrogens with zero attached hydrogens (tertiary/aromatic N) is 2. The standard InChI is InChI=1S/C26H27Cl2N3O7S2/c1-18-3-6-23(7-4-18)39(33,34)31(22-14-19(27)13-20(28)15-22)17-26(32)29-21-5-8-24(37-2)25(16-21)40(35,36)30-9-11-38-12-10-30/h3-8,13-16H,9-12,17H2,1-2H3,(H,29,32). The molecule has 1 fully saturated rings. The molecule has 1 aliphatic heterocycles. The molecule has 1 saturated heterocycles. The fourth-order valence-corrected chi connectivity index (χ4v) is 7.56. The summed E-state index contributed by atoms with van der Waals surface area (Å²) >= 11 is 12.3. The van der Waals surface area contributed by atoms with Gasteiger partial charge in [-0.1, -0.05) is 40.9 Å². The van der Waals surface area contributed by atoms with Crippen molar-refractivity contribution in [3.8, 4) is 5.75 Å². The number of ether oxygens (including phenoxy) is 2. The van der Waals surface area contributed by atoms with Crippen LogP contribution in [0.1, 0.15) is 5.56 Å². The zero-order valence-electron chi connectivity index (χ0n) is 21.6. The van der Waals surface area contributed by atoms with E-state index in [1.807, 2.05) is 6.92 Å². The molecule has 0 atom stereocenters. The summed E-state index contributed by atoms with van der Waals surface area (Å²) in [7, 11) is -6.84. The van der Waals surface area contributed by atoms with E-state index in [0.29, 0.717) is 0 Å². The average molecular weight is 629 g/mol. The first-order valence-corrected chi connectivity index (χ1v) is 15.7. The van der Waals surface area contributed by atoms with E-state index in [1.165, 1.54) is 59.9 Å². The minimum absolute atomic E-state index is 0.0367. The van der Waals surface area contributed by atoms with Crippen LogP contribution >= 0.6 is 23.2 Å². The van der Waals surface area contributed by atoms with Gasteiger partial charge in [-0.3, -0.25) is 9.10 Å². The fraction of sp³-hybridized carbons (Fsp3) is 0.269. The largest absolute Gasteiger partial charge is 0.495 e. The van der Waals surface area contributed by atoms with Gasteiger partial charge in [-0.05, 0) is 55.5 Å². The summed E-state index contributed by atoms with van der Waals surface area (Å²) in [6, 6.07) is 14.5. The Bertz CT molecular complexity index is 1590. The van der Waals surface area contributed by atoms with Gasteiger partial charge in [-0.2, -0.15) is 4.31 Å². The number of carbonyl (C=O) groups excluding carboxylic acids is 1. The number of methoxy groups -OCH3 is 1. The van der Waals surface area contributed by atoms with Crippen LogP contribution in [0.15, 0.2) is 70.5 Å². The molecule has 3 aromatic carbocycles. The van der Waals surface area contributed by atoms with Crippen molar-refractivity contribution in [3.05, 3.63) is 76.3 Å². The van der Waals surface area contributed by atoms with Crippen molar-refractivity contribution in [2.45, 2.75) is 16.7 Å². The third-order valence-corrected chi connectivity index (χ3v) is 10.2. The number of halogens is 2. The van der Waals surface area contributed by atoms with Crippen LogP contribution in [0.5, 0.6) is 5.75 Å². The van der Waals surface area contributed by atoms with Crippen LogP contribution in [0.4, 0.5) is 11.4 Å². The predicted molar refractivity (Wildman–Crippen MR) is 153 cm³/mol. The summed E-state index contributed by atoms with van der Waals surface area (Å²) in [6.45, 7) is 2.05. The van der Waals surface area contributed by atoms with E-state index < -0.39 is 32.5 Å². The summed E-state index contributed by atoms with van der Waals surface area (Å²) in [5.74, 6) is -0.631. The molecule has 10 nitrogen and oxygen atoms in total. The average Bonchev–Trinajstić information content (AvgIpc) is 2.91. The second kappa shape index (κ2) is 12.3. The first-order chi connectivity index (χ1) is 18.9. The minimum Gasteiger partial charge on any atom is -0.495 e. The molecule has 14 heteroatoms. The van der Waals surface area contributed by atoms with Gasteiger partial charge in [-0.25, -0.2) is 16.8 Å². The Hall–Kier alpha value is -2.87. The fourth-order valence-electron chi connectivity index (χ4n) is 4.05. The Morgan fingerprint density at radius 3 is 2.20 bits per heavy atom. The first kappa shape index (κ1) is 30.1. The van der Waals surface area contributed by atoms with E-state index in [-0.39, 0.29) is 63.3 Å². The van der Waals surface area contributed by atoms with Crippen molar-refractivity contribution in [1.29, 1.82) is 0 Å². The second-order valence-corrected chi connectivity index (χ2v) is 13.5. The molecule has 0 aliphatic carbocycles. The number of hydrogen-bond donors (Lipinski definition) is 1. The van der Waals surface area contributed by atoms with E-state index in [2.05, 4.69) is 5.32 Å². The smallest absolute Gasteiger partial charge is 0.264 e. The van der Waals surface area contributed by atoms with Gasteiger partial charge in [0.05, 0.1) is 30.9 Å². The van der Waals surface area contributed by atoms with Gasteiger partial charge in [0.25, 0.3) is 10.0 Å². The lowest BCUT2D eigenvalue weighted by atomic mass is 10.2. The highest BCUT2D eigenvalue weighted by Gasteiger charge is 2.31. The lowest BCUT2D eigenvalue weighted by molar-refractivity contribution is -0.114. The van der Waals surface area contributed by atoms with Gasteiger partial charge in [0.2, 0.25) is 15.9 Å². The molecule has 1 amide bonds. The first-order valence-electron chi connectivity index (χ1n) is 12.0. The monoisotopic (exact) mass is 627 g/mol. The molecule has 1 heterocycles. The minimum atomic E-state index is -4.23. The Balaban J connectivity index is 1.66. The van der Waals surface area contributed by atoms with E-state index in [1.54, 1.807) is 12.1 Å². The van der Waals surface area contributed by atoms with Gasteiger partial charge >= 0.3 is 0 Å². The van der Waals surface area contributed by atoms with Gasteiger partial charge in [0.15, 0.2) is 0 Å². The maximum absolute atomic E-state index is 13.6. The van der Waals surface area contributed by atoms with Gasteiger partial charge in [0.1, 0.15) is 17.2 Å². The molecule has 0 aromatic heterocycles. The molecule has 0 saturated carbocycles. The van der Waals surface area contributed by atoms with Crippen LogP contribution in [-0.2, 0) is 29.6 Å². The Labute approximate surface area is 243 Å². The third-order valence-electron chi connectivity index (χ3n) is 6.07. The number of amides is 1. The lowest BCUT2D eigenvalue weighted by Crippen LogP contribution is -2.40. The number of anilines is 2. The van der Waals surface area contributed by atoms with E-state index in [9.17, 15) is 21.6 Å². The topological polar surface area (TPSA) is 122 Å². The molecule has 40 heavy (non-hydrogen) atoms. The summed E-state index contributed by atoms with van der Waals surface area (Å²) in [6.07, 6.45) is 0. The van der Waals surface area contributed by atoms with Crippen molar-refractivity contribution < 1.29 is 31.1 Å². The zero-order chi connectivity index (χ0) is 29.1. The molecule has 1 aliphatic rings. The number of rotatable bonds is 9. The number of carbonyl (C=O) groups is 1. The lowest BCUT2D eigenvalue weighted by Gasteiger charge is -2.27. The van der Waals surface area contributed by atoms with Crippen LogP contribution in [0, 0.1) is 6.92 Å². The van der Waals surface area contributed by atoms with Crippen molar-refractivity contribution in [1.82, 2.24) is 4.31 Å². The number of benzene rings is 3. The van der Waals surface area contributed by atoms with E-state index >= 15 is 0 Å². The van der Waals surface area contributed by atoms with Crippen molar-refractivity contribution in [2.24, 2.45) is 0 Å². The maximum Gasteiger partial charge on any atom is 0.264 e. The molecule has 0 spiro atoms. The van der Waals surface area contributed by atoms with Crippen molar-refractivity contribution >= 4 is 60.5 Å². The molecule has 4 rings (SSSR count). The molecule has 0 radical (unpaired) electrons. The van der Waals surface area contributed by atoms with Crippen LogP contribution in [0.3, 0.4) is 0 Å². The molecular formula is C26H27Cl2N3O7S2. The quantitative estimate of drug-likeness (QED) is 0.378. The van der Waals surface area contributed by atoms with Crippen LogP contribution < -0.4 is 14.4 Å². The number of hydrogen-bond acceptors (Lipinski definition) is 7. The second-order valence-electron chi connectivity index (χ2n) is 8.88. The molecule has 1 N–H and O–H groups in total. The zero-order valence-corrected chi connectivity index (χ0v) is 24.8. The molecule has 0 bridgehead atoms. The molecule has 0 unspecified atom stereocenters. The number of morpholine rings is 1. The Morgan fingerprint density at radius 1 is 0.975 bits per heavy atom. The Kier molecular flexibility index (Phi) is 9.28. The summed E-state index contributed by atoms with van der Waals surface area (Å²) in [5.41, 5.74) is 1.07.